The van der Waals surface area contributed by atoms with Crippen molar-refractivity contribution in [2.75, 3.05) is 0 Å². The maximum atomic E-state index is 13.8. The van der Waals surface area contributed by atoms with Crippen molar-refractivity contribution in [3.05, 3.63) is 68.1 Å². The second-order valence-electron chi connectivity index (χ2n) is 5.85. The Balaban J connectivity index is 2.01. The maximum absolute atomic E-state index is 13.8. The topological polar surface area (TPSA) is 57.5 Å². The summed E-state index contributed by atoms with van der Waals surface area (Å²) in [5, 5.41) is 0.325. The molecule has 0 aliphatic carbocycles. The zero-order chi connectivity index (χ0) is 19.5. The summed E-state index contributed by atoms with van der Waals surface area (Å²) in [5.41, 5.74) is -2.91. The van der Waals surface area contributed by atoms with Crippen LogP contribution in [0.5, 0.6) is 0 Å². The third kappa shape index (κ3) is 5.63. The van der Waals surface area contributed by atoms with Crippen LogP contribution in [0.3, 0.4) is 0 Å². The first-order valence-corrected chi connectivity index (χ1v) is 11.8. The second-order valence-corrected chi connectivity index (χ2v) is 10.7. The van der Waals surface area contributed by atoms with Gasteiger partial charge < -0.3 is 9.79 Å². The Kier molecular flexibility index (Phi) is 7.50. The highest BCUT2D eigenvalue weighted by molar-refractivity contribution is 9.10. The van der Waals surface area contributed by atoms with Crippen LogP contribution in [0.1, 0.15) is 23.6 Å². The minimum atomic E-state index is -5.58. The first-order valence-electron chi connectivity index (χ1n) is 7.59. The third-order valence-corrected chi connectivity index (χ3v) is 7.09. The van der Waals surface area contributed by atoms with Crippen molar-refractivity contribution in [2.24, 2.45) is 0 Å². The largest absolute Gasteiger partial charge is 0.399 e. The van der Waals surface area contributed by atoms with E-state index in [9.17, 15) is 13.3 Å². The molecule has 0 aromatic heterocycles. The van der Waals surface area contributed by atoms with E-state index in [1.807, 2.05) is 12.1 Å². The van der Waals surface area contributed by atoms with Crippen molar-refractivity contribution in [3.63, 3.8) is 0 Å². The van der Waals surface area contributed by atoms with Gasteiger partial charge in [0.2, 0.25) is 0 Å². The van der Waals surface area contributed by atoms with Gasteiger partial charge in [-0.3, -0.25) is 4.57 Å². The summed E-state index contributed by atoms with van der Waals surface area (Å²) in [4.78, 5) is 17.7. The number of rotatable bonds is 7. The summed E-state index contributed by atoms with van der Waals surface area (Å²) in [6.45, 7) is 2.10. The van der Waals surface area contributed by atoms with Crippen molar-refractivity contribution < 1.29 is 23.1 Å². The first kappa shape index (κ1) is 22.1. The molecule has 0 aliphatic rings. The van der Waals surface area contributed by atoms with Crippen LogP contribution < -0.4 is 0 Å². The van der Waals surface area contributed by atoms with E-state index in [1.165, 1.54) is 17.7 Å². The van der Waals surface area contributed by atoms with Crippen molar-refractivity contribution >= 4 is 51.2 Å². The maximum Gasteiger partial charge on any atom is 0.399 e. The lowest BCUT2D eigenvalue weighted by Crippen LogP contribution is -2.14. The monoisotopic (exact) mass is 528 g/mol. The molecule has 3 nitrogen and oxygen atoms in total. The van der Waals surface area contributed by atoms with Crippen LogP contribution in [0.4, 0.5) is 8.78 Å². The Bertz CT molecular complexity index is 812. The van der Waals surface area contributed by atoms with Crippen molar-refractivity contribution in [3.8, 4) is 0 Å². The Morgan fingerprint density at radius 3 is 2.23 bits per heavy atom. The van der Waals surface area contributed by atoms with Crippen LogP contribution in [0.25, 0.3) is 0 Å². The first-order chi connectivity index (χ1) is 12.0. The average molecular weight is 530 g/mol. The molecule has 2 aromatic carbocycles. The fraction of sp³-hybridized carbons (Fsp3) is 0.294. The molecule has 0 bridgehead atoms. The van der Waals surface area contributed by atoms with Gasteiger partial charge in [0.1, 0.15) is 0 Å². The number of hydrogen-bond acceptors (Lipinski definition) is 2. The zero-order valence-electron chi connectivity index (χ0n) is 13.7. The van der Waals surface area contributed by atoms with Crippen LogP contribution in [0, 0.1) is 0 Å². The molecule has 2 aromatic rings. The molecule has 0 spiro atoms. The molecule has 2 N–H and O–H groups in total. The Morgan fingerprint density at radius 1 is 1.12 bits per heavy atom. The van der Waals surface area contributed by atoms with E-state index in [0.717, 1.165) is 22.5 Å². The summed E-state index contributed by atoms with van der Waals surface area (Å²) in [6, 6.07) is 12.1. The number of halogens is 4. The van der Waals surface area contributed by atoms with Gasteiger partial charge in [0.05, 0.1) is 0 Å². The quantitative estimate of drug-likeness (QED) is 0.413. The summed E-state index contributed by atoms with van der Waals surface area (Å²) < 4.78 is 39.7. The standard InChI is InChI=1S/C17H17Br2F2O3PS/c1-11(8-12-2-5-14(18)6-3-12)26-10-13-4-7-15(16(19)9-13)17(20,21)25(22,23)24/h2-7,9,11H,8,10H2,1H3,(H2,22,23,24). The average Bonchev–Trinajstić information content (AvgIpc) is 2.54. The molecule has 26 heavy (non-hydrogen) atoms. The lowest BCUT2D eigenvalue weighted by atomic mass is 10.1. The molecule has 0 fully saturated rings. The summed E-state index contributed by atoms with van der Waals surface area (Å²) in [5.74, 6) is 0.609. The fourth-order valence-corrected chi connectivity index (χ4v) is 4.87. The lowest BCUT2D eigenvalue weighted by Gasteiger charge is -2.20. The number of benzene rings is 2. The van der Waals surface area contributed by atoms with Gasteiger partial charge in [0, 0.05) is 25.5 Å². The summed E-state index contributed by atoms with van der Waals surface area (Å²) in [6.07, 6.45) is 0.882. The third-order valence-electron chi connectivity index (χ3n) is 3.69. The van der Waals surface area contributed by atoms with Crippen LogP contribution in [-0.2, 0) is 22.4 Å². The van der Waals surface area contributed by atoms with Gasteiger partial charge in [-0.25, -0.2) is 0 Å². The minimum absolute atomic E-state index is 0.00973. The predicted octanol–water partition coefficient (Wildman–Crippen LogP) is 6.30. The van der Waals surface area contributed by atoms with Crippen LogP contribution in [-0.4, -0.2) is 15.0 Å². The summed E-state index contributed by atoms with van der Waals surface area (Å²) >= 11 is 8.09. The number of thioether (sulfide) groups is 1. The highest BCUT2D eigenvalue weighted by atomic mass is 79.9. The van der Waals surface area contributed by atoms with Crippen LogP contribution in [0.15, 0.2) is 51.4 Å². The Morgan fingerprint density at radius 2 is 1.69 bits per heavy atom. The lowest BCUT2D eigenvalue weighted by molar-refractivity contribution is 0.0557. The summed E-state index contributed by atoms with van der Waals surface area (Å²) in [7, 11) is -5.58. The molecular formula is C17H17Br2F2O3PS. The SMILES string of the molecule is CC(Cc1ccc(Br)cc1)SCc1ccc(C(F)(F)P(=O)(O)O)c(Br)c1. The van der Waals surface area contributed by atoms with Gasteiger partial charge in [-0.2, -0.15) is 20.5 Å². The van der Waals surface area contributed by atoms with Crippen LogP contribution in [0.2, 0.25) is 0 Å². The van der Waals surface area contributed by atoms with Crippen molar-refractivity contribution in [1.82, 2.24) is 0 Å². The van der Waals surface area contributed by atoms with E-state index in [2.05, 4.69) is 50.9 Å². The number of hydrogen-bond donors (Lipinski definition) is 2. The van der Waals surface area contributed by atoms with Gasteiger partial charge in [0.15, 0.2) is 0 Å². The molecule has 2 rings (SSSR count). The van der Waals surface area contributed by atoms with Crippen molar-refractivity contribution in [1.29, 1.82) is 0 Å². The number of alkyl halides is 2. The molecule has 0 saturated carbocycles. The molecule has 0 saturated heterocycles. The minimum Gasteiger partial charge on any atom is -0.320 e. The molecule has 0 heterocycles. The molecule has 0 amide bonds. The molecular weight excluding hydrogens is 513 g/mol. The molecule has 0 aliphatic heterocycles. The fourth-order valence-electron chi connectivity index (χ4n) is 2.30. The molecule has 0 radical (unpaired) electrons. The van der Waals surface area contributed by atoms with E-state index < -0.39 is 18.8 Å². The highest BCUT2D eigenvalue weighted by Gasteiger charge is 2.51. The Labute approximate surface area is 172 Å². The highest BCUT2D eigenvalue weighted by Crippen LogP contribution is 2.60. The normalized spacial score (nSPS) is 13.7. The van der Waals surface area contributed by atoms with Gasteiger partial charge in [-0.15, -0.1) is 0 Å². The van der Waals surface area contributed by atoms with Crippen molar-refractivity contribution in [2.45, 2.75) is 30.0 Å². The van der Waals surface area contributed by atoms with Gasteiger partial charge in [-0.05, 0) is 35.7 Å². The zero-order valence-corrected chi connectivity index (χ0v) is 18.6. The van der Waals surface area contributed by atoms with E-state index in [4.69, 9.17) is 9.79 Å². The van der Waals surface area contributed by atoms with E-state index in [1.54, 1.807) is 11.8 Å². The van der Waals surface area contributed by atoms with E-state index >= 15 is 0 Å². The van der Waals surface area contributed by atoms with E-state index in [0.29, 0.717) is 11.0 Å². The van der Waals surface area contributed by atoms with E-state index in [-0.39, 0.29) is 4.47 Å². The van der Waals surface area contributed by atoms with Gasteiger partial charge in [0.25, 0.3) is 0 Å². The molecule has 1 unspecified atom stereocenters. The molecule has 142 valence electrons. The smallest absolute Gasteiger partial charge is 0.320 e. The van der Waals surface area contributed by atoms with Gasteiger partial charge in [-0.1, -0.05) is 63.0 Å². The predicted molar refractivity (Wildman–Crippen MR) is 109 cm³/mol. The molecule has 1 atom stereocenters. The van der Waals surface area contributed by atoms with Crippen LogP contribution >= 0.6 is 51.2 Å². The Hall–Kier alpha value is -0.240. The molecule has 9 heteroatoms. The second kappa shape index (κ2) is 8.84. The van der Waals surface area contributed by atoms with Gasteiger partial charge >= 0.3 is 13.3 Å².